The lowest BCUT2D eigenvalue weighted by atomic mass is 10.2. The highest BCUT2D eigenvalue weighted by Crippen LogP contribution is 2.31. The Labute approximate surface area is 136 Å². The van der Waals surface area contributed by atoms with Crippen molar-refractivity contribution in [2.45, 2.75) is 6.92 Å². The van der Waals surface area contributed by atoms with E-state index in [9.17, 15) is 0 Å². The fourth-order valence-corrected chi connectivity index (χ4v) is 2.58. The molecule has 0 amide bonds. The molecule has 1 heterocycles. The molecule has 0 aliphatic carbocycles. The molecule has 18 heavy (non-hydrogen) atoms. The number of anilines is 3. The molecule has 1 aromatic heterocycles. The number of benzene rings is 1. The van der Waals surface area contributed by atoms with Crippen LogP contribution in [-0.2, 0) is 0 Å². The van der Waals surface area contributed by atoms with Gasteiger partial charge in [0.25, 0.3) is 0 Å². The molecule has 2 rings (SSSR count). The highest BCUT2D eigenvalue weighted by atomic mass is 127. The maximum atomic E-state index is 5.80. The van der Waals surface area contributed by atoms with Crippen LogP contribution in [-0.4, -0.2) is 4.98 Å². The SMILES string of the molecule is Cc1c(N)cnc(Nc2ccc(Br)c(I)c2)c1Br. The van der Waals surface area contributed by atoms with Gasteiger partial charge in [-0.3, -0.25) is 0 Å². The van der Waals surface area contributed by atoms with Gasteiger partial charge >= 0.3 is 0 Å². The second-order valence-corrected chi connectivity index (χ2v) is 6.56. The molecular weight excluding hydrogens is 473 g/mol. The molecule has 2 aromatic rings. The highest BCUT2D eigenvalue weighted by molar-refractivity contribution is 14.1. The van der Waals surface area contributed by atoms with E-state index < -0.39 is 0 Å². The zero-order valence-corrected chi connectivity index (χ0v) is 14.8. The first-order valence-electron chi connectivity index (χ1n) is 5.11. The van der Waals surface area contributed by atoms with Crippen LogP contribution in [0.25, 0.3) is 0 Å². The van der Waals surface area contributed by atoms with Crippen LogP contribution in [0, 0.1) is 10.5 Å². The molecule has 0 aliphatic heterocycles. The van der Waals surface area contributed by atoms with Crippen molar-refractivity contribution in [2.24, 2.45) is 0 Å². The number of nitrogens with zero attached hydrogens (tertiary/aromatic N) is 1. The van der Waals surface area contributed by atoms with E-state index in [0.717, 1.165) is 29.6 Å². The molecule has 3 N–H and O–H groups in total. The molecule has 0 bridgehead atoms. The van der Waals surface area contributed by atoms with E-state index in [0.29, 0.717) is 5.69 Å². The van der Waals surface area contributed by atoms with Gasteiger partial charge in [-0.05, 0) is 85.1 Å². The Hall–Kier alpha value is -0.340. The summed E-state index contributed by atoms with van der Waals surface area (Å²) in [5.41, 5.74) is 8.45. The van der Waals surface area contributed by atoms with Gasteiger partial charge in [-0.25, -0.2) is 4.98 Å². The van der Waals surface area contributed by atoms with Gasteiger partial charge in [-0.1, -0.05) is 0 Å². The summed E-state index contributed by atoms with van der Waals surface area (Å²) in [6, 6.07) is 6.04. The van der Waals surface area contributed by atoms with Gasteiger partial charge in [0.2, 0.25) is 0 Å². The minimum absolute atomic E-state index is 0.679. The summed E-state index contributed by atoms with van der Waals surface area (Å²) in [5, 5.41) is 3.27. The average molecular weight is 483 g/mol. The number of hydrogen-bond acceptors (Lipinski definition) is 3. The van der Waals surface area contributed by atoms with Crippen molar-refractivity contribution in [3.8, 4) is 0 Å². The van der Waals surface area contributed by atoms with E-state index in [4.69, 9.17) is 5.73 Å². The quantitative estimate of drug-likeness (QED) is 0.602. The van der Waals surface area contributed by atoms with Crippen molar-refractivity contribution in [1.29, 1.82) is 0 Å². The van der Waals surface area contributed by atoms with Crippen molar-refractivity contribution < 1.29 is 0 Å². The first-order valence-corrected chi connectivity index (χ1v) is 7.78. The van der Waals surface area contributed by atoms with E-state index in [2.05, 4.69) is 64.8 Å². The Morgan fingerprint density at radius 2 is 2.06 bits per heavy atom. The van der Waals surface area contributed by atoms with Crippen LogP contribution in [0.1, 0.15) is 5.56 Å². The molecule has 1 aromatic carbocycles. The van der Waals surface area contributed by atoms with Crippen molar-refractivity contribution in [2.75, 3.05) is 11.1 Å². The third-order valence-electron chi connectivity index (χ3n) is 2.49. The van der Waals surface area contributed by atoms with Gasteiger partial charge in [0.05, 0.1) is 16.4 Å². The van der Waals surface area contributed by atoms with Gasteiger partial charge in [0, 0.05) is 13.7 Å². The van der Waals surface area contributed by atoms with E-state index in [1.165, 1.54) is 0 Å². The summed E-state index contributed by atoms with van der Waals surface area (Å²) in [6.07, 6.45) is 1.66. The van der Waals surface area contributed by atoms with Crippen LogP contribution in [0.2, 0.25) is 0 Å². The lowest BCUT2D eigenvalue weighted by Gasteiger charge is -2.11. The van der Waals surface area contributed by atoms with Crippen molar-refractivity contribution >= 4 is 71.6 Å². The minimum atomic E-state index is 0.679. The van der Waals surface area contributed by atoms with Crippen molar-refractivity contribution in [3.63, 3.8) is 0 Å². The molecule has 0 spiro atoms. The van der Waals surface area contributed by atoms with Gasteiger partial charge in [-0.2, -0.15) is 0 Å². The topological polar surface area (TPSA) is 50.9 Å². The molecule has 3 nitrogen and oxygen atoms in total. The van der Waals surface area contributed by atoms with Crippen LogP contribution >= 0.6 is 54.5 Å². The summed E-state index contributed by atoms with van der Waals surface area (Å²) in [7, 11) is 0. The summed E-state index contributed by atoms with van der Waals surface area (Å²) >= 11 is 9.25. The standard InChI is InChI=1S/C12H10Br2IN3/c1-6-10(16)5-17-12(11(6)14)18-7-2-3-8(13)9(15)4-7/h2-5H,16H2,1H3,(H,17,18). The summed E-state index contributed by atoms with van der Waals surface area (Å²) in [5.74, 6) is 0.764. The van der Waals surface area contributed by atoms with E-state index in [1.807, 2.05) is 25.1 Å². The second-order valence-electron chi connectivity index (χ2n) is 3.76. The number of hydrogen-bond donors (Lipinski definition) is 2. The lowest BCUT2D eigenvalue weighted by molar-refractivity contribution is 1.25. The average Bonchev–Trinajstić information content (AvgIpc) is 2.34. The first-order chi connectivity index (χ1) is 8.49. The number of nitrogen functional groups attached to an aromatic ring is 1. The molecule has 0 saturated carbocycles. The number of aromatic nitrogens is 1. The molecule has 94 valence electrons. The molecule has 0 unspecified atom stereocenters. The van der Waals surface area contributed by atoms with Crippen LogP contribution < -0.4 is 11.1 Å². The van der Waals surface area contributed by atoms with Gasteiger partial charge < -0.3 is 11.1 Å². The van der Waals surface area contributed by atoms with Crippen LogP contribution in [0.15, 0.2) is 33.3 Å². The lowest BCUT2D eigenvalue weighted by Crippen LogP contribution is -1.99. The normalized spacial score (nSPS) is 10.4. The highest BCUT2D eigenvalue weighted by Gasteiger charge is 2.08. The Bertz CT molecular complexity index is 602. The number of halogens is 3. The maximum absolute atomic E-state index is 5.80. The summed E-state index contributed by atoms with van der Waals surface area (Å²) in [6.45, 7) is 1.96. The van der Waals surface area contributed by atoms with Gasteiger partial charge in [0.15, 0.2) is 0 Å². The fraction of sp³-hybridized carbons (Fsp3) is 0.0833. The van der Waals surface area contributed by atoms with Crippen LogP contribution in [0.5, 0.6) is 0 Å². The maximum Gasteiger partial charge on any atom is 0.145 e. The summed E-state index contributed by atoms with van der Waals surface area (Å²) < 4.78 is 3.11. The molecule has 0 aliphatic rings. The van der Waals surface area contributed by atoms with Gasteiger partial charge in [0.1, 0.15) is 5.82 Å². The zero-order valence-electron chi connectivity index (χ0n) is 9.47. The fourth-order valence-electron chi connectivity index (χ4n) is 1.39. The van der Waals surface area contributed by atoms with E-state index in [-0.39, 0.29) is 0 Å². The molecule has 0 atom stereocenters. The molecular formula is C12H10Br2IN3. The van der Waals surface area contributed by atoms with Crippen LogP contribution in [0.3, 0.4) is 0 Å². The second kappa shape index (κ2) is 5.75. The third kappa shape index (κ3) is 2.97. The van der Waals surface area contributed by atoms with E-state index >= 15 is 0 Å². The van der Waals surface area contributed by atoms with Crippen molar-refractivity contribution in [3.05, 3.63) is 42.5 Å². The van der Waals surface area contributed by atoms with E-state index in [1.54, 1.807) is 6.20 Å². The molecule has 0 saturated heterocycles. The Morgan fingerprint density at radius 3 is 2.72 bits per heavy atom. The minimum Gasteiger partial charge on any atom is -0.397 e. The number of pyridine rings is 1. The van der Waals surface area contributed by atoms with Gasteiger partial charge in [-0.15, -0.1) is 0 Å². The Kier molecular flexibility index (Phi) is 4.50. The van der Waals surface area contributed by atoms with Crippen LogP contribution in [0.4, 0.5) is 17.2 Å². The number of nitrogens with two attached hydrogens (primary N) is 1. The van der Waals surface area contributed by atoms with Crippen molar-refractivity contribution in [1.82, 2.24) is 4.98 Å². The Morgan fingerprint density at radius 1 is 1.33 bits per heavy atom. The monoisotopic (exact) mass is 481 g/mol. The summed E-state index contributed by atoms with van der Waals surface area (Å²) in [4.78, 5) is 4.29. The predicted molar refractivity (Wildman–Crippen MR) is 91.2 cm³/mol. The number of nitrogens with one attached hydrogen (secondary N) is 1. The molecule has 6 heteroatoms. The molecule has 0 radical (unpaired) electrons. The predicted octanol–water partition coefficient (Wildman–Crippen LogP) is 4.85. The zero-order chi connectivity index (χ0) is 13.3. The third-order valence-corrected chi connectivity index (χ3v) is 5.78. The Balaban J connectivity index is 2.34. The largest absolute Gasteiger partial charge is 0.397 e. The first kappa shape index (κ1) is 14.1. The number of rotatable bonds is 2. The molecule has 0 fully saturated rings. The smallest absolute Gasteiger partial charge is 0.145 e.